The standard InChI is InChI=1S/C22H19ClF3N5O3/c1-33-17(32)13-2-8-16(9-3-13)27-18-28-19(30-20(29-18)34-12-22(24,25)26)31-21(10-11-21)14-4-6-15(23)7-5-14/h2-9H,10-12H2,1H3,(H2,27,28,29,30,31). The summed E-state index contributed by atoms with van der Waals surface area (Å²) < 4.78 is 47.5. The van der Waals surface area contributed by atoms with Gasteiger partial charge in [-0.05, 0) is 54.8 Å². The molecule has 0 saturated heterocycles. The van der Waals surface area contributed by atoms with Crippen molar-refractivity contribution in [2.75, 3.05) is 24.4 Å². The molecular weight excluding hydrogens is 475 g/mol. The van der Waals surface area contributed by atoms with Gasteiger partial charge in [0.2, 0.25) is 11.9 Å². The number of carbonyl (C=O) groups is 1. The summed E-state index contributed by atoms with van der Waals surface area (Å²) in [6, 6.07) is 13.0. The van der Waals surface area contributed by atoms with Gasteiger partial charge in [0.15, 0.2) is 6.61 Å². The highest BCUT2D eigenvalue weighted by Crippen LogP contribution is 2.48. The lowest BCUT2D eigenvalue weighted by Gasteiger charge is -2.19. The summed E-state index contributed by atoms with van der Waals surface area (Å²) in [4.78, 5) is 23.8. The van der Waals surface area contributed by atoms with E-state index in [-0.39, 0.29) is 11.9 Å². The largest absolute Gasteiger partial charge is 0.465 e. The third kappa shape index (κ3) is 5.84. The summed E-state index contributed by atoms with van der Waals surface area (Å²) in [6.45, 7) is -1.55. The molecule has 0 aliphatic heterocycles. The van der Waals surface area contributed by atoms with Crippen molar-refractivity contribution in [2.24, 2.45) is 0 Å². The zero-order valence-electron chi connectivity index (χ0n) is 17.8. The second-order valence-electron chi connectivity index (χ2n) is 7.58. The molecule has 8 nitrogen and oxygen atoms in total. The van der Waals surface area contributed by atoms with Gasteiger partial charge in [-0.2, -0.15) is 28.1 Å². The Bertz CT molecular complexity index is 1170. The first-order chi connectivity index (χ1) is 16.2. The van der Waals surface area contributed by atoms with Gasteiger partial charge in [0.05, 0.1) is 18.2 Å². The number of anilines is 3. The molecule has 0 atom stereocenters. The van der Waals surface area contributed by atoms with E-state index in [9.17, 15) is 18.0 Å². The quantitative estimate of drug-likeness (QED) is 0.418. The molecule has 1 aliphatic rings. The fourth-order valence-corrected chi connectivity index (χ4v) is 3.34. The summed E-state index contributed by atoms with van der Waals surface area (Å²) in [5, 5.41) is 6.67. The van der Waals surface area contributed by atoms with Crippen LogP contribution < -0.4 is 15.4 Å². The van der Waals surface area contributed by atoms with Crippen molar-refractivity contribution in [1.82, 2.24) is 15.0 Å². The maximum absolute atomic E-state index is 12.7. The van der Waals surface area contributed by atoms with Gasteiger partial charge in [0.25, 0.3) is 0 Å². The average molecular weight is 494 g/mol. The molecule has 178 valence electrons. The van der Waals surface area contributed by atoms with E-state index in [2.05, 4.69) is 30.3 Å². The summed E-state index contributed by atoms with van der Waals surface area (Å²) in [6.07, 6.45) is -3.01. The SMILES string of the molecule is COC(=O)c1ccc(Nc2nc(NC3(c4ccc(Cl)cc4)CC3)nc(OCC(F)(F)F)n2)cc1. The molecule has 34 heavy (non-hydrogen) atoms. The number of rotatable bonds is 8. The number of alkyl halides is 3. The number of aromatic nitrogens is 3. The van der Waals surface area contributed by atoms with Crippen LogP contribution >= 0.6 is 11.6 Å². The number of hydrogen-bond acceptors (Lipinski definition) is 8. The van der Waals surface area contributed by atoms with Crippen molar-refractivity contribution in [3.63, 3.8) is 0 Å². The summed E-state index contributed by atoms with van der Waals surface area (Å²) >= 11 is 5.97. The number of methoxy groups -OCH3 is 1. The van der Waals surface area contributed by atoms with E-state index in [0.717, 1.165) is 18.4 Å². The summed E-state index contributed by atoms with van der Waals surface area (Å²) in [5.74, 6) is -0.487. The number of hydrogen-bond donors (Lipinski definition) is 2. The summed E-state index contributed by atoms with van der Waals surface area (Å²) in [7, 11) is 1.27. The lowest BCUT2D eigenvalue weighted by Crippen LogP contribution is -2.23. The van der Waals surface area contributed by atoms with Gasteiger partial charge in [0, 0.05) is 10.7 Å². The zero-order valence-corrected chi connectivity index (χ0v) is 18.6. The van der Waals surface area contributed by atoms with Gasteiger partial charge in [-0.25, -0.2) is 4.79 Å². The van der Waals surface area contributed by atoms with Crippen LogP contribution in [0.4, 0.5) is 30.8 Å². The fraction of sp³-hybridized carbons (Fsp3) is 0.273. The highest BCUT2D eigenvalue weighted by Gasteiger charge is 2.45. The average Bonchev–Trinajstić information content (AvgIpc) is 3.58. The highest BCUT2D eigenvalue weighted by atomic mass is 35.5. The number of esters is 1. The predicted octanol–water partition coefficient (Wildman–Crippen LogP) is 5.10. The van der Waals surface area contributed by atoms with E-state index in [4.69, 9.17) is 16.3 Å². The fourth-order valence-electron chi connectivity index (χ4n) is 3.21. The van der Waals surface area contributed by atoms with Crippen LogP contribution in [0.25, 0.3) is 0 Å². The number of benzene rings is 2. The number of carbonyl (C=O) groups excluding carboxylic acids is 1. The molecule has 1 saturated carbocycles. The molecule has 4 rings (SSSR count). The monoisotopic (exact) mass is 493 g/mol. The minimum absolute atomic E-state index is 0.0348. The molecule has 12 heteroatoms. The Morgan fingerprint density at radius 2 is 1.68 bits per heavy atom. The number of halogens is 4. The van der Waals surface area contributed by atoms with Crippen LogP contribution in [0.15, 0.2) is 48.5 Å². The van der Waals surface area contributed by atoms with Gasteiger partial charge in [-0.1, -0.05) is 23.7 Å². The van der Waals surface area contributed by atoms with E-state index in [1.54, 1.807) is 24.3 Å². The normalized spacial score (nSPS) is 14.3. The molecule has 0 radical (unpaired) electrons. The number of nitrogens with one attached hydrogen (secondary N) is 2. The molecule has 1 heterocycles. The predicted molar refractivity (Wildman–Crippen MR) is 118 cm³/mol. The van der Waals surface area contributed by atoms with Gasteiger partial charge >= 0.3 is 18.2 Å². The van der Waals surface area contributed by atoms with Crippen LogP contribution in [-0.2, 0) is 10.3 Å². The van der Waals surface area contributed by atoms with E-state index >= 15 is 0 Å². The Balaban J connectivity index is 1.59. The Morgan fingerprint density at radius 1 is 1.03 bits per heavy atom. The third-order valence-corrected chi connectivity index (χ3v) is 5.29. The number of nitrogens with zero attached hydrogens (tertiary/aromatic N) is 3. The lowest BCUT2D eigenvalue weighted by atomic mass is 10.1. The minimum Gasteiger partial charge on any atom is -0.465 e. The maximum Gasteiger partial charge on any atom is 0.422 e. The van der Waals surface area contributed by atoms with Crippen LogP contribution in [-0.4, -0.2) is 40.8 Å². The first-order valence-corrected chi connectivity index (χ1v) is 10.5. The van der Waals surface area contributed by atoms with Crippen molar-refractivity contribution in [3.05, 3.63) is 64.7 Å². The molecule has 0 bridgehead atoms. The van der Waals surface area contributed by atoms with Crippen LogP contribution in [0, 0.1) is 0 Å². The Hall–Kier alpha value is -3.60. The molecule has 3 aromatic rings. The second-order valence-corrected chi connectivity index (χ2v) is 8.01. The van der Waals surface area contributed by atoms with Crippen molar-refractivity contribution in [3.8, 4) is 6.01 Å². The zero-order chi connectivity index (χ0) is 24.3. The first kappa shape index (κ1) is 23.6. The Labute approximate surface area is 197 Å². The molecule has 0 amide bonds. The number of ether oxygens (including phenoxy) is 2. The van der Waals surface area contributed by atoms with Crippen molar-refractivity contribution >= 4 is 35.2 Å². The van der Waals surface area contributed by atoms with E-state index in [0.29, 0.717) is 16.3 Å². The van der Waals surface area contributed by atoms with Gasteiger partial charge in [-0.15, -0.1) is 0 Å². The first-order valence-electron chi connectivity index (χ1n) is 10.1. The van der Waals surface area contributed by atoms with Crippen LogP contribution in [0.1, 0.15) is 28.8 Å². The van der Waals surface area contributed by atoms with Crippen molar-refractivity contribution in [1.29, 1.82) is 0 Å². The summed E-state index contributed by atoms with van der Waals surface area (Å²) in [5.41, 5.74) is 1.31. The molecule has 2 aromatic carbocycles. The minimum atomic E-state index is -4.56. The van der Waals surface area contributed by atoms with Crippen molar-refractivity contribution in [2.45, 2.75) is 24.6 Å². The lowest BCUT2D eigenvalue weighted by molar-refractivity contribution is -0.154. The smallest absolute Gasteiger partial charge is 0.422 e. The molecule has 1 fully saturated rings. The molecule has 2 N–H and O–H groups in total. The van der Waals surface area contributed by atoms with Crippen LogP contribution in [0.3, 0.4) is 0 Å². The molecule has 0 unspecified atom stereocenters. The molecule has 1 aromatic heterocycles. The van der Waals surface area contributed by atoms with E-state index in [1.165, 1.54) is 19.2 Å². The van der Waals surface area contributed by atoms with Gasteiger partial charge in [0.1, 0.15) is 0 Å². The van der Waals surface area contributed by atoms with Crippen LogP contribution in [0.2, 0.25) is 5.02 Å². The topological polar surface area (TPSA) is 98.3 Å². The third-order valence-electron chi connectivity index (χ3n) is 5.04. The maximum atomic E-state index is 12.7. The van der Waals surface area contributed by atoms with E-state index < -0.39 is 30.3 Å². The Morgan fingerprint density at radius 3 is 2.26 bits per heavy atom. The highest BCUT2D eigenvalue weighted by molar-refractivity contribution is 6.30. The van der Waals surface area contributed by atoms with Gasteiger partial charge in [-0.3, -0.25) is 0 Å². The Kier molecular flexibility index (Phi) is 6.47. The molecular formula is C22H19ClF3N5O3. The van der Waals surface area contributed by atoms with Crippen molar-refractivity contribution < 1.29 is 27.4 Å². The molecule has 0 spiro atoms. The second kappa shape index (κ2) is 9.34. The van der Waals surface area contributed by atoms with Gasteiger partial charge < -0.3 is 20.1 Å². The van der Waals surface area contributed by atoms with E-state index in [1.807, 2.05) is 12.1 Å². The van der Waals surface area contributed by atoms with Crippen LogP contribution in [0.5, 0.6) is 6.01 Å². The molecule has 1 aliphatic carbocycles.